The third kappa shape index (κ3) is 6.78. The fourth-order valence-corrected chi connectivity index (χ4v) is 1.42. The van der Waals surface area contributed by atoms with Crippen LogP contribution in [-0.2, 0) is 14.3 Å². The van der Waals surface area contributed by atoms with Crippen molar-refractivity contribution in [1.29, 1.82) is 0 Å². The molecule has 0 saturated carbocycles. The second kappa shape index (κ2) is 9.44. The van der Waals surface area contributed by atoms with Gasteiger partial charge in [0.25, 0.3) is 0 Å². The molecule has 1 aromatic rings. The van der Waals surface area contributed by atoms with E-state index in [1.807, 2.05) is 0 Å². The standard InChI is InChI=1S/C16H20O6/c1-12(2)15(17)20-10-4-5-11-21-16(18)22-14-8-6-13(19-3)7-9-14/h6-9H,1,4-5,10-11H2,2-3H3. The Hall–Kier alpha value is -2.50. The highest BCUT2D eigenvalue weighted by Gasteiger charge is 2.06. The fraction of sp³-hybridized carbons (Fsp3) is 0.375. The number of rotatable bonds is 8. The molecule has 6 heteroatoms. The zero-order valence-electron chi connectivity index (χ0n) is 12.8. The highest BCUT2D eigenvalue weighted by molar-refractivity contribution is 5.86. The Morgan fingerprint density at radius 3 is 2.09 bits per heavy atom. The third-order valence-corrected chi connectivity index (χ3v) is 2.60. The van der Waals surface area contributed by atoms with Gasteiger partial charge >= 0.3 is 12.1 Å². The zero-order valence-corrected chi connectivity index (χ0v) is 12.8. The van der Waals surface area contributed by atoms with E-state index in [4.69, 9.17) is 18.9 Å². The van der Waals surface area contributed by atoms with Gasteiger partial charge in [0.2, 0.25) is 0 Å². The number of carbonyl (C=O) groups excluding carboxylic acids is 2. The predicted octanol–water partition coefficient (Wildman–Crippen LogP) is 3.11. The molecule has 0 radical (unpaired) electrons. The van der Waals surface area contributed by atoms with E-state index < -0.39 is 12.1 Å². The number of esters is 1. The quantitative estimate of drug-likeness (QED) is 0.318. The van der Waals surface area contributed by atoms with Crippen LogP contribution in [0.4, 0.5) is 4.79 Å². The topological polar surface area (TPSA) is 71.1 Å². The molecule has 120 valence electrons. The van der Waals surface area contributed by atoms with E-state index in [-0.39, 0.29) is 13.2 Å². The first-order valence-electron chi connectivity index (χ1n) is 6.84. The van der Waals surface area contributed by atoms with Crippen LogP contribution in [0.25, 0.3) is 0 Å². The smallest absolute Gasteiger partial charge is 0.497 e. The van der Waals surface area contributed by atoms with Crippen LogP contribution in [0.15, 0.2) is 36.4 Å². The first-order valence-corrected chi connectivity index (χ1v) is 6.84. The number of hydrogen-bond acceptors (Lipinski definition) is 6. The lowest BCUT2D eigenvalue weighted by Gasteiger charge is -2.07. The van der Waals surface area contributed by atoms with E-state index in [0.717, 1.165) is 0 Å². The predicted molar refractivity (Wildman–Crippen MR) is 80.0 cm³/mol. The van der Waals surface area contributed by atoms with Gasteiger partial charge in [-0.15, -0.1) is 0 Å². The van der Waals surface area contributed by atoms with Crippen LogP contribution in [0.5, 0.6) is 11.5 Å². The number of carbonyl (C=O) groups is 2. The van der Waals surface area contributed by atoms with Gasteiger partial charge in [-0.3, -0.25) is 0 Å². The molecule has 0 amide bonds. The van der Waals surface area contributed by atoms with Gasteiger partial charge in [-0.2, -0.15) is 0 Å². The van der Waals surface area contributed by atoms with Crippen molar-refractivity contribution < 1.29 is 28.5 Å². The zero-order chi connectivity index (χ0) is 16.4. The van der Waals surface area contributed by atoms with E-state index in [1.54, 1.807) is 38.3 Å². The lowest BCUT2D eigenvalue weighted by Crippen LogP contribution is -2.12. The second-order valence-electron chi connectivity index (χ2n) is 4.50. The summed E-state index contributed by atoms with van der Waals surface area (Å²) in [6, 6.07) is 6.57. The molecule has 0 heterocycles. The van der Waals surface area contributed by atoms with Crippen LogP contribution in [-0.4, -0.2) is 32.4 Å². The molecule has 0 aliphatic heterocycles. The fourth-order valence-electron chi connectivity index (χ4n) is 1.42. The molecule has 22 heavy (non-hydrogen) atoms. The van der Waals surface area contributed by atoms with E-state index in [0.29, 0.717) is 29.9 Å². The summed E-state index contributed by atoms with van der Waals surface area (Å²) in [6.07, 6.45) is 0.389. The number of ether oxygens (including phenoxy) is 4. The van der Waals surface area contributed by atoms with Crippen molar-refractivity contribution in [1.82, 2.24) is 0 Å². The first-order chi connectivity index (χ1) is 10.5. The summed E-state index contributed by atoms with van der Waals surface area (Å²) in [5, 5.41) is 0. The first kappa shape index (κ1) is 17.6. The van der Waals surface area contributed by atoms with Gasteiger partial charge in [-0.25, -0.2) is 9.59 Å². The molecule has 0 saturated heterocycles. The van der Waals surface area contributed by atoms with Crippen LogP contribution >= 0.6 is 0 Å². The lowest BCUT2D eigenvalue weighted by molar-refractivity contribution is -0.139. The van der Waals surface area contributed by atoms with Gasteiger partial charge in [0.15, 0.2) is 0 Å². The van der Waals surface area contributed by atoms with Crippen molar-refractivity contribution in [3.63, 3.8) is 0 Å². The molecule has 1 aromatic carbocycles. The van der Waals surface area contributed by atoms with E-state index in [9.17, 15) is 9.59 Å². The molecule has 0 fully saturated rings. The van der Waals surface area contributed by atoms with Gasteiger partial charge in [-0.05, 0) is 44.0 Å². The average Bonchev–Trinajstić information content (AvgIpc) is 2.51. The molecule has 0 aliphatic rings. The highest BCUT2D eigenvalue weighted by atomic mass is 16.7. The summed E-state index contributed by atoms with van der Waals surface area (Å²) < 4.78 is 19.8. The molecule has 0 spiro atoms. The summed E-state index contributed by atoms with van der Waals surface area (Å²) >= 11 is 0. The Bertz CT molecular complexity index is 506. The third-order valence-electron chi connectivity index (χ3n) is 2.60. The molecule has 0 bridgehead atoms. The molecule has 1 rings (SSSR count). The molecule has 0 aliphatic carbocycles. The summed E-state index contributed by atoms with van der Waals surface area (Å²) in [7, 11) is 1.55. The van der Waals surface area contributed by atoms with E-state index >= 15 is 0 Å². The maximum absolute atomic E-state index is 11.4. The Kier molecular flexibility index (Phi) is 7.53. The minimum absolute atomic E-state index is 0.194. The summed E-state index contributed by atoms with van der Waals surface area (Å²) in [5.74, 6) is 0.631. The summed E-state index contributed by atoms with van der Waals surface area (Å²) in [6.45, 7) is 5.52. The van der Waals surface area contributed by atoms with Crippen molar-refractivity contribution in [2.75, 3.05) is 20.3 Å². The molecule has 6 nitrogen and oxygen atoms in total. The van der Waals surface area contributed by atoms with Crippen molar-refractivity contribution in [3.05, 3.63) is 36.4 Å². The van der Waals surface area contributed by atoms with Crippen molar-refractivity contribution in [2.24, 2.45) is 0 Å². The van der Waals surface area contributed by atoms with Crippen LogP contribution in [0, 0.1) is 0 Å². The molecule has 0 aromatic heterocycles. The Balaban J connectivity index is 2.13. The van der Waals surface area contributed by atoms with E-state index in [1.165, 1.54) is 0 Å². The largest absolute Gasteiger partial charge is 0.513 e. The molecular formula is C16H20O6. The number of benzene rings is 1. The van der Waals surface area contributed by atoms with Crippen LogP contribution < -0.4 is 9.47 Å². The van der Waals surface area contributed by atoms with Crippen molar-refractivity contribution >= 4 is 12.1 Å². The van der Waals surface area contributed by atoms with Crippen LogP contribution in [0.1, 0.15) is 19.8 Å². The van der Waals surface area contributed by atoms with Gasteiger partial charge in [0, 0.05) is 5.57 Å². The summed E-state index contributed by atoms with van der Waals surface area (Å²) in [4.78, 5) is 22.5. The lowest BCUT2D eigenvalue weighted by atomic mass is 10.3. The van der Waals surface area contributed by atoms with Gasteiger partial charge in [-0.1, -0.05) is 6.58 Å². The van der Waals surface area contributed by atoms with Gasteiger partial charge in [0.1, 0.15) is 11.5 Å². The van der Waals surface area contributed by atoms with Crippen LogP contribution in [0.3, 0.4) is 0 Å². The number of unbranched alkanes of at least 4 members (excludes halogenated alkanes) is 1. The molecule has 0 N–H and O–H groups in total. The second-order valence-corrected chi connectivity index (χ2v) is 4.50. The van der Waals surface area contributed by atoms with Crippen molar-refractivity contribution in [2.45, 2.75) is 19.8 Å². The van der Waals surface area contributed by atoms with E-state index in [2.05, 4.69) is 6.58 Å². The average molecular weight is 308 g/mol. The van der Waals surface area contributed by atoms with Crippen molar-refractivity contribution in [3.8, 4) is 11.5 Å². The van der Waals surface area contributed by atoms with Crippen LogP contribution in [0.2, 0.25) is 0 Å². The molecule has 0 unspecified atom stereocenters. The number of hydrogen-bond donors (Lipinski definition) is 0. The Morgan fingerprint density at radius 1 is 1.00 bits per heavy atom. The SMILES string of the molecule is C=C(C)C(=O)OCCCCOC(=O)Oc1ccc(OC)cc1. The summed E-state index contributed by atoms with van der Waals surface area (Å²) in [5.41, 5.74) is 0.360. The number of methoxy groups -OCH3 is 1. The van der Waals surface area contributed by atoms with Gasteiger partial charge in [0.05, 0.1) is 20.3 Å². The Labute approximate surface area is 129 Å². The highest BCUT2D eigenvalue weighted by Crippen LogP contribution is 2.17. The maximum Gasteiger partial charge on any atom is 0.513 e. The minimum Gasteiger partial charge on any atom is -0.497 e. The monoisotopic (exact) mass is 308 g/mol. The molecule has 0 atom stereocenters. The van der Waals surface area contributed by atoms with Gasteiger partial charge < -0.3 is 18.9 Å². The molecular weight excluding hydrogens is 288 g/mol. The normalized spacial score (nSPS) is 9.73. The minimum atomic E-state index is -0.774. The maximum atomic E-state index is 11.4. The Morgan fingerprint density at radius 2 is 1.55 bits per heavy atom.